The zero-order chi connectivity index (χ0) is 19.4. The van der Waals surface area contributed by atoms with Crippen LogP contribution in [0.15, 0.2) is 24.3 Å². The average Bonchev–Trinajstić information content (AvgIpc) is 3.24. The van der Waals surface area contributed by atoms with Gasteiger partial charge in [-0.15, -0.1) is 0 Å². The highest BCUT2D eigenvalue weighted by molar-refractivity contribution is 7.89. The molecule has 1 amide bonds. The first-order chi connectivity index (χ1) is 12.9. The Bertz CT molecular complexity index is 907. The van der Waals surface area contributed by atoms with Gasteiger partial charge in [-0.1, -0.05) is 19.1 Å². The van der Waals surface area contributed by atoms with Crippen LogP contribution >= 0.6 is 0 Å². The molecule has 1 N–H and O–H groups in total. The summed E-state index contributed by atoms with van der Waals surface area (Å²) in [4.78, 5) is 17.1. The van der Waals surface area contributed by atoms with Crippen LogP contribution < -0.4 is 5.32 Å². The molecular formula is C19H28N4O3S. The Kier molecular flexibility index (Phi) is 6.16. The van der Waals surface area contributed by atoms with E-state index in [2.05, 4.69) is 14.9 Å². The topological polar surface area (TPSA) is 84.3 Å². The Morgan fingerprint density at radius 3 is 2.89 bits per heavy atom. The minimum absolute atomic E-state index is 0.101. The van der Waals surface area contributed by atoms with E-state index in [1.807, 2.05) is 38.1 Å². The normalized spacial score (nSPS) is 18.2. The SMILES string of the molecule is CCCS(=O)(=O)N1CCCC1C(=O)NCCCn1c(C)nc2ccccc21. The summed E-state index contributed by atoms with van der Waals surface area (Å²) in [7, 11) is -3.34. The smallest absolute Gasteiger partial charge is 0.238 e. The lowest BCUT2D eigenvalue weighted by atomic mass is 10.2. The molecule has 1 aliphatic rings. The van der Waals surface area contributed by atoms with E-state index in [1.165, 1.54) is 4.31 Å². The second kappa shape index (κ2) is 8.39. The number of hydrogen-bond donors (Lipinski definition) is 1. The highest BCUT2D eigenvalue weighted by Crippen LogP contribution is 2.22. The molecule has 8 heteroatoms. The molecule has 3 rings (SSSR count). The van der Waals surface area contributed by atoms with Gasteiger partial charge in [0.2, 0.25) is 15.9 Å². The summed E-state index contributed by atoms with van der Waals surface area (Å²) in [6.07, 6.45) is 2.66. The van der Waals surface area contributed by atoms with E-state index in [0.29, 0.717) is 25.9 Å². The summed E-state index contributed by atoms with van der Waals surface area (Å²) in [5.41, 5.74) is 2.07. The fraction of sp³-hybridized carbons (Fsp3) is 0.579. The number of rotatable bonds is 8. The van der Waals surface area contributed by atoms with Gasteiger partial charge in [0.1, 0.15) is 11.9 Å². The monoisotopic (exact) mass is 392 g/mol. The molecule has 0 spiro atoms. The molecule has 2 aromatic rings. The fourth-order valence-electron chi connectivity index (χ4n) is 3.76. The van der Waals surface area contributed by atoms with Crippen molar-refractivity contribution >= 4 is 27.0 Å². The highest BCUT2D eigenvalue weighted by Gasteiger charge is 2.37. The van der Waals surface area contributed by atoms with E-state index < -0.39 is 16.1 Å². The Labute approximate surface area is 160 Å². The lowest BCUT2D eigenvalue weighted by Crippen LogP contribution is -2.46. The lowest BCUT2D eigenvalue weighted by molar-refractivity contribution is -0.124. The Morgan fingerprint density at radius 2 is 2.11 bits per heavy atom. The molecule has 0 radical (unpaired) electrons. The van der Waals surface area contributed by atoms with Gasteiger partial charge in [0.05, 0.1) is 16.8 Å². The summed E-state index contributed by atoms with van der Waals surface area (Å²) in [6.45, 7) is 5.54. The predicted octanol–water partition coefficient (Wildman–Crippen LogP) is 2.06. The number of para-hydroxylation sites is 2. The number of hydrogen-bond acceptors (Lipinski definition) is 4. The molecule has 1 aliphatic heterocycles. The molecule has 27 heavy (non-hydrogen) atoms. The zero-order valence-corrected chi connectivity index (χ0v) is 16.8. The van der Waals surface area contributed by atoms with Crippen LogP contribution in [0.3, 0.4) is 0 Å². The van der Waals surface area contributed by atoms with Crippen LogP contribution in [0.25, 0.3) is 11.0 Å². The van der Waals surface area contributed by atoms with Crippen molar-refractivity contribution in [2.75, 3.05) is 18.8 Å². The van der Waals surface area contributed by atoms with Crippen LogP contribution in [0, 0.1) is 6.92 Å². The second-order valence-corrected chi connectivity index (χ2v) is 9.07. The van der Waals surface area contributed by atoms with Crippen molar-refractivity contribution in [2.45, 2.75) is 52.1 Å². The third-order valence-electron chi connectivity index (χ3n) is 5.03. The number of nitrogens with one attached hydrogen (secondary N) is 1. The largest absolute Gasteiger partial charge is 0.355 e. The molecule has 0 saturated carbocycles. The van der Waals surface area contributed by atoms with Gasteiger partial charge in [-0.3, -0.25) is 4.79 Å². The molecule has 1 saturated heterocycles. The van der Waals surface area contributed by atoms with Crippen molar-refractivity contribution in [3.05, 3.63) is 30.1 Å². The van der Waals surface area contributed by atoms with Gasteiger partial charge < -0.3 is 9.88 Å². The van der Waals surface area contributed by atoms with Gasteiger partial charge in [0.25, 0.3) is 0 Å². The number of aromatic nitrogens is 2. The third kappa shape index (κ3) is 4.32. The van der Waals surface area contributed by atoms with E-state index in [-0.39, 0.29) is 11.7 Å². The first-order valence-electron chi connectivity index (χ1n) is 9.63. The molecule has 0 bridgehead atoms. The number of carbonyl (C=O) groups is 1. The van der Waals surface area contributed by atoms with Gasteiger partial charge in [-0.25, -0.2) is 13.4 Å². The van der Waals surface area contributed by atoms with Crippen LogP contribution in [0.1, 0.15) is 38.4 Å². The molecule has 7 nitrogen and oxygen atoms in total. The average molecular weight is 393 g/mol. The maximum Gasteiger partial charge on any atom is 0.238 e. The van der Waals surface area contributed by atoms with Crippen LogP contribution in [0.5, 0.6) is 0 Å². The standard InChI is InChI=1S/C19H28N4O3S/c1-3-14-27(25,26)23-13-6-10-18(23)19(24)20-11-7-12-22-15(2)21-16-8-4-5-9-17(16)22/h4-5,8-9,18H,3,6-7,10-14H2,1-2H3,(H,20,24). The van der Waals surface area contributed by atoms with E-state index in [9.17, 15) is 13.2 Å². The number of imidazole rings is 1. The number of amides is 1. The number of nitrogens with zero attached hydrogens (tertiary/aromatic N) is 3. The van der Waals surface area contributed by atoms with E-state index in [1.54, 1.807) is 0 Å². The maximum absolute atomic E-state index is 12.5. The maximum atomic E-state index is 12.5. The minimum atomic E-state index is -3.34. The molecule has 1 fully saturated rings. The zero-order valence-electron chi connectivity index (χ0n) is 16.0. The third-order valence-corrected chi connectivity index (χ3v) is 7.10. The van der Waals surface area contributed by atoms with Gasteiger partial charge in [0.15, 0.2) is 0 Å². The minimum Gasteiger partial charge on any atom is -0.355 e. The quantitative estimate of drug-likeness (QED) is 0.697. The summed E-state index contributed by atoms with van der Waals surface area (Å²) in [5.74, 6) is 0.874. The Morgan fingerprint density at radius 1 is 1.33 bits per heavy atom. The van der Waals surface area contributed by atoms with E-state index in [4.69, 9.17) is 0 Å². The van der Waals surface area contributed by atoms with Crippen molar-refractivity contribution in [3.8, 4) is 0 Å². The van der Waals surface area contributed by atoms with Crippen LogP contribution in [0.2, 0.25) is 0 Å². The van der Waals surface area contributed by atoms with Crippen LogP contribution in [-0.4, -0.2) is 53.1 Å². The second-order valence-electron chi connectivity index (χ2n) is 7.03. The van der Waals surface area contributed by atoms with Gasteiger partial charge in [-0.2, -0.15) is 4.31 Å². The predicted molar refractivity (Wildman–Crippen MR) is 106 cm³/mol. The molecule has 1 atom stereocenters. The van der Waals surface area contributed by atoms with E-state index >= 15 is 0 Å². The summed E-state index contributed by atoms with van der Waals surface area (Å²) >= 11 is 0. The van der Waals surface area contributed by atoms with Crippen molar-refractivity contribution in [1.82, 2.24) is 19.2 Å². The number of fused-ring (bicyclic) bond motifs is 1. The number of carbonyl (C=O) groups excluding carboxylic acids is 1. The number of sulfonamides is 1. The van der Waals surface area contributed by atoms with Crippen LogP contribution in [-0.2, 0) is 21.4 Å². The lowest BCUT2D eigenvalue weighted by Gasteiger charge is -2.23. The molecule has 2 heterocycles. The molecular weight excluding hydrogens is 364 g/mol. The van der Waals surface area contributed by atoms with E-state index in [0.717, 1.165) is 36.2 Å². The summed E-state index contributed by atoms with van der Waals surface area (Å²) < 4.78 is 28.2. The first kappa shape index (κ1) is 19.8. The Hall–Kier alpha value is -1.93. The van der Waals surface area contributed by atoms with Gasteiger partial charge in [-0.05, 0) is 44.7 Å². The molecule has 148 valence electrons. The molecule has 1 aromatic carbocycles. The number of benzene rings is 1. The van der Waals surface area contributed by atoms with Crippen molar-refractivity contribution in [3.63, 3.8) is 0 Å². The highest BCUT2D eigenvalue weighted by atomic mass is 32.2. The Balaban J connectivity index is 1.54. The first-order valence-corrected chi connectivity index (χ1v) is 11.2. The number of aryl methyl sites for hydroxylation is 2. The van der Waals surface area contributed by atoms with Crippen molar-refractivity contribution in [2.24, 2.45) is 0 Å². The molecule has 1 aromatic heterocycles. The fourth-order valence-corrected chi connectivity index (χ4v) is 5.50. The molecule has 1 unspecified atom stereocenters. The van der Waals surface area contributed by atoms with Gasteiger partial charge >= 0.3 is 0 Å². The van der Waals surface area contributed by atoms with Crippen molar-refractivity contribution in [1.29, 1.82) is 0 Å². The molecule has 0 aliphatic carbocycles. The van der Waals surface area contributed by atoms with Crippen LogP contribution in [0.4, 0.5) is 0 Å². The summed E-state index contributed by atoms with van der Waals surface area (Å²) in [6, 6.07) is 7.44. The van der Waals surface area contributed by atoms with Gasteiger partial charge in [0, 0.05) is 19.6 Å². The summed E-state index contributed by atoms with van der Waals surface area (Å²) in [5, 5.41) is 2.92. The van der Waals surface area contributed by atoms with Crippen molar-refractivity contribution < 1.29 is 13.2 Å².